The van der Waals surface area contributed by atoms with Gasteiger partial charge in [0.25, 0.3) is 0 Å². The van der Waals surface area contributed by atoms with Crippen molar-refractivity contribution in [2.45, 2.75) is 32.7 Å². The van der Waals surface area contributed by atoms with Gasteiger partial charge in [-0.25, -0.2) is 0 Å². The standard InChI is InChI=1S/C20H23N3O2/c1-14(2)16-7-9-18(10-8-16)24-12-11-19-22-20(23-25-19)17-5-3-15(13-21)4-6-17/h3-10,14H,11-13,21H2,1-2H3. The Kier molecular flexibility index (Phi) is 5.46. The quantitative estimate of drug-likeness (QED) is 0.707. The Balaban J connectivity index is 1.54. The van der Waals surface area contributed by atoms with Gasteiger partial charge < -0.3 is 15.0 Å². The van der Waals surface area contributed by atoms with E-state index in [0.29, 0.717) is 37.2 Å². The molecule has 3 rings (SSSR count). The maximum atomic E-state index is 5.75. The lowest BCUT2D eigenvalue weighted by Crippen LogP contribution is -2.01. The highest BCUT2D eigenvalue weighted by Crippen LogP contribution is 2.19. The lowest BCUT2D eigenvalue weighted by Gasteiger charge is -2.07. The predicted octanol–water partition coefficient (Wildman–Crippen LogP) is 3.94. The highest BCUT2D eigenvalue weighted by atomic mass is 16.5. The van der Waals surface area contributed by atoms with Gasteiger partial charge >= 0.3 is 0 Å². The minimum absolute atomic E-state index is 0.495. The van der Waals surface area contributed by atoms with E-state index in [9.17, 15) is 0 Å². The molecule has 5 heteroatoms. The second-order valence-electron chi connectivity index (χ2n) is 6.23. The zero-order chi connectivity index (χ0) is 17.6. The van der Waals surface area contributed by atoms with E-state index >= 15 is 0 Å². The fourth-order valence-corrected chi connectivity index (χ4v) is 2.47. The second kappa shape index (κ2) is 7.94. The Morgan fingerprint density at radius 3 is 2.40 bits per heavy atom. The van der Waals surface area contributed by atoms with Gasteiger partial charge in [-0.2, -0.15) is 4.98 Å². The first-order valence-electron chi connectivity index (χ1n) is 8.50. The molecule has 0 atom stereocenters. The van der Waals surface area contributed by atoms with E-state index in [-0.39, 0.29) is 0 Å². The highest BCUT2D eigenvalue weighted by Gasteiger charge is 2.09. The molecule has 2 aromatic carbocycles. The Morgan fingerprint density at radius 1 is 1.04 bits per heavy atom. The van der Waals surface area contributed by atoms with Crippen LogP contribution >= 0.6 is 0 Å². The number of nitrogens with zero attached hydrogens (tertiary/aromatic N) is 2. The summed E-state index contributed by atoms with van der Waals surface area (Å²) in [4.78, 5) is 4.42. The van der Waals surface area contributed by atoms with Crippen molar-refractivity contribution >= 4 is 0 Å². The van der Waals surface area contributed by atoms with Crippen molar-refractivity contribution in [3.05, 3.63) is 65.5 Å². The van der Waals surface area contributed by atoms with Gasteiger partial charge in [-0.05, 0) is 29.2 Å². The minimum Gasteiger partial charge on any atom is -0.493 e. The van der Waals surface area contributed by atoms with Crippen LogP contribution in [0.3, 0.4) is 0 Å². The zero-order valence-electron chi connectivity index (χ0n) is 14.6. The van der Waals surface area contributed by atoms with E-state index in [4.69, 9.17) is 15.0 Å². The molecule has 1 heterocycles. The summed E-state index contributed by atoms with van der Waals surface area (Å²) in [5.74, 6) is 2.52. The molecule has 0 radical (unpaired) electrons. The van der Waals surface area contributed by atoms with Crippen LogP contribution in [0.2, 0.25) is 0 Å². The Hall–Kier alpha value is -2.66. The molecule has 0 aliphatic carbocycles. The van der Waals surface area contributed by atoms with Gasteiger partial charge in [0.1, 0.15) is 5.75 Å². The molecule has 0 saturated heterocycles. The van der Waals surface area contributed by atoms with Crippen LogP contribution in [-0.4, -0.2) is 16.7 Å². The van der Waals surface area contributed by atoms with E-state index in [2.05, 4.69) is 36.1 Å². The summed E-state index contributed by atoms with van der Waals surface area (Å²) in [5, 5.41) is 4.03. The van der Waals surface area contributed by atoms with Gasteiger partial charge in [-0.15, -0.1) is 0 Å². The largest absolute Gasteiger partial charge is 0.493 e. The molecule has 0 spiro atoms. The number of nitrogens with two attached hydrogens (primary N) is 1. The molecular weight excluding hydrogens is 314 g/mol. The zero-order valence-corrected chi connectivity index (χ0v) is 14.6. The van der Waals surface area contributed by atoms with Crippen LogP contribution in [0.4, 0.5) is 0 Å². The number of benzene rings is 2. The third-order valence-electron chi connectivity index (χ3n) is 4.05. The van der Waals surface area contributed by atoms with Gasteiger partial charge in [0.15, 0.2) is 0 Å². The fourth-order valence-electron chi connectivity index (χ4n) is 2.47. The van der Waals surface area contributed by atoms with Crippen LogP contribution in [0.1, 0.15) is 36.8 Å². The first-order valence-corrected chi connectivity index (χ1v) is 8.50. The number of aromatic nitrogens is 2. The molecule has 0 fully saturated rings. The van der Waals surface area contributed by atoms with E-state index in [1.54, 1.807) is 0 Å². The average molecular weight is 337 g/mol. The van der Waals surface area contributed by atoms with Gasteiger partial charge in [0.2, 0.25) is 11.7 Å². The topological polar surface area (TPSA) is 74.2 Å². The summed E-state index contributed by atoms with van der Waals surface area (Å²) in [6, 6.07) is 16.0. The van der Waals surface area contributed by atoms with Crippen LogP contribution in [0.25, 0.3) is 11.4 Å². The minimum atomic E-state index is 0.495. The maximum absolute atomic E-state index is 5.75. The Morgan fingerprint density at radius 2 is 1.76 bits per heavy atom. The second-order valence-corrected chi connectivity index (χ2v) is 6.23. The van der Waals surface area contributed by atoms with Gasteiger partial charge in [0, 0.05) is 12.1 Å². The van der Waals surface area contributed by atoms with Crippen molar-refractivity contribution < 1.29 is 9.26 Å². The molecule has 5 nitrogen and oxygen atoms in total. The van der Waals surface area contributed by atoms with Crippen LogP contribution in [0, 0.1) is 0 Å². The van der Waals surface area contributed by atoms with E-state index < -0.39 is 0 Å². The molecule has 0 bridgehead atoms. The van der Waals surface area contributed by atoms with Crippen molar-refractivity contribution in [1.82, 2.24) is 10.1 Å². The van der Waals surface area contributed by atoms with Crippen molar-refractivity contribution in [2.75, 3.05) is 6.61 Å². The monoisotopic (exact) mass is 337 g/mol. The number of hydrogen-bond donors (Lipinski definition) is 1. The van der Waals surface area contributed by atoms with Gasteiger partial charge in [-0.1, -0.05) is 55.4 Å². The molecule has 130 valence electrons. The molecule has 0 aliphatic rings. The lowest BCUT2D eigenvalue weighted by atomic mass is 10.0. The fraction of sp³-hybridized carbons (Fsp3) is 0.300. The third-order valence-corrected chi connectivity index (χ3v) is 4.05. The van der Waals surface area contributed by atoms with Gasteiger partial charge in [0.05, 0.1) is 13.0 Å². The lowest BCUT2D eigenvalue weighted by molar-refractivity contribution is 0.292. The summed E-state index contributed by atoms with van der Waals surface area (Å²) < 4.78 is 11.0. The molecule has 0 unspecified atom stereocenters. The molecule has 0 amide bonds. The van der Waals surface area contributed by atoms with E-state index in [0.717, 1.165) is 16.9 Å². The maximum Gasteiger partial charge on any atom is 0.230 e. The average Bonchev–Trinajstić information content (AvgIpc) is 3.11. The summed E-state index contributed by atoms with van der Waals surface area (Å²) in [7, 11) is 0. The summed E-state index contributed by atoms with van der Waals surface area (Å²) >= 11 is 0. The number of ether oxygens (including phenoxy) is 1. The smallest absolute Gasteiger partial charge is 0.230 e. The summed E-state index contributed by atoms with van der Waals surface area (Å²) in [5.41, 5.74) is 8.89. The molecule has 2 N–H and O–H groups in total. The molecule has 3 aromatic rings. The number of rotatable bonds is 7. The van der Waals surface area contributed by atoms with Gasteiger partial charge in [-0.3, -0.25) is 0 Å². The highest BCUT2D eigenvalue weighted by molar-refractivity contribution is 5.54. The van der Waals surface area contributed by atoms with Crippen LogP contribution in [0.5, 0.6) is 5.75 Å². The van der Waals surface area contributed by atoms with Crippen molar-refractivity contribution in [2.24, 2.45) is 5.73 Å². The summed E-state index contributed by atoms with van der Waals surface area (Å²) in [6.07, 6.45) is 0.569. The van der Waals surface area contributed by atoms with Crippen LogP contribution in [-0.2, 0) is 13.0 Å². The molecule has 25 heavy (non-hydrogen) atoms. The molecule has 0 saturated carbocycles. The first-order chi connectivity index (χ1) is 12.2. The Bertz CT molecular complexity index is 793. The van der Waals surface area contributed by atoms with Crippen molar-refractivity contribution in [3.63, 3.8) is 0 Å². The summed E-state index contributed by atoms with van der Waals surface area (Å²) in [6.45, 7) is 5.36. The third kappa shape index (κ3) is 4.45. The molecule has 1 aromatic heterocycles. The number of hydrogen-bond acceptors (Lipinski definition) is 5. The molecular formula is C20H23N3O2. The van der Waals surface area contributed by atoms with Crippen molar-refractivity contribution in [3.8, 4) is 17.1 Å². The van der Waals surface area contributed by atoms with E-state index in [1.807, 2.05) is 36.4 Å². The SMILES string of the molecule is CC(C)c1ccc(OCCc2nc(-c3ccc(CN)cc3)no2)cc1. The first kappa shape index (κ1) is 17.2. The molecule has 0 aliphatic heterocycles. The predicted molar refractivity (Wildman–Crippen MR) is 97.4 cm³/mol. The van der Waals surface area contributed by atoms with Crippen molar-refractivity contribution in [1.29, 1.82) is 0 Å². The van der Waals surface area contributed by atoms with E-state index in [1.165, 1.54) is 5.56 Å². The van der Waals surface area contributed by atoms with Crippen LogP contribution < -0.4 is 10.5 Å². The van der Waals surface area contributed by atoms with Crippen LogP contribution in [0.15, 0.2) is 53.1 Å². The Labute approximate surface area is 147 Å². The normalized spacial score (nSPS) is 11.0.